The van der Waals surface area contributed by atoms with Crippen molar-refractivity contribution in [2.75, 3.05) is 17.7 Å². The quantitative estimate of drug-likeness (QED) is 0.460. The summed E-state index contributed by atoms with van der Waals surface area (Å²) in [4.78, 5) is 23.9. The van der Waals surface area contributed by atoms with Crippen LogP contribution in [-0.2, 0) is 4.79 Å². The monoisotopic (exact) mass is 176 g/mol. The molecule has 2 N–H and O–H groups in total. The van der Waals surface area contributed by atoms with Crippen LogP contribution in [0.5, 0.6) is 0 Å². The third kappa shape index (κ3) is 0.917. The van der Waals surface area contributed by atoms with Crippen molar-refractivity contribution in [1.29, 1.82) is 0 Å². The van der Waals surface area contributed by atoms with Crippen molar-refractivity contribution in [3.8, 4) is 0 Å². The fourth-order valence-corrected chi connectivity index (χ4v) is 1.40. The molecule has 0 bridgehead atoms. The van der Waals surface area contributed by atoms with Crippen LogP contribution < -0.4 is 10.6 Å². The van der Waals surface area contributed by atoms with E-state index in [1.54, 1.807) is 19.2 Å². The summed E-state index contributed by atoms with van der Waals surface area (Å²) in [5, 5.41) is 0. The lowest BCUT2D eigenvalue weighted by Crippen LogP contribution is -2.24. The summed E-state index contributed by atoms with van der Waals surface area (Å²) >= 11 is 0. The Bertz CT molecular complexity index is 412. The standard InChI is InChI=1S/C9H8N2O2/c1-11-7-3-2-5(10)4-6(7)8(12)9(11)13/h2-4H,10H2,1H3. The Labute approximate surface area is 74.9 Å². The normalized spacial score (nSPS) is 15.0. The zero-order valence-corrected chi connectivity index (χ0v) is 7.07. The van der Waals surface area contributed by atoms with Gasteiger partial charge in [-0.25, -0.2) is 0 Å². The number of carbonyl (C=O) groups excluding carboxylic acids is 2. The van der Waals surface area contributed by atoms with E-state index in [0.717, 1.165) is 0 Å². The lowest BCUT2D eigenvalue weighted by molar-refractivity contribution is -0.114. The fraction of sp³-hybridized carbons (Fsp3) is 0.111. The maximum Gasteiger partial charge on any atom is 0.299 e. The Morgan fingerprint density at radius 3 is 2.69 bits per heavy atom. The average molecular weight is 176 g/mol. The van der Waals surface area contributed by atoms with Crippen molar-refractivity contribution in [1.82, 2.24) is 0 Å². The maximum atomic E-state index is 11.3. The molecule has 0 aliphatic carbocycles. The Morgan fingerprint density at radius 1 is 1.31 bits per heavy atom. The Hall–Kier alpha value is -1.84. The van der Waals surface area contributed by atoms with Crippen molar-refractivity contribution < 1.29 is 9.59 Å². The predicted molar refractivity (Wildman–Crippen MR) is 48.6 cm³/mol. The highest BCUT2D eigenvalue weighted by Gasteiger charge is 2.32. The molecule has 1 heterocycles. The second kappa shape index (κ2) is 2.32. The van der Waals surface area contributed by atoms with Crippen LogP contribution in [0.4, 0.5) is 11.4 Å². The van der Waals surface area contributed by atoms with Crippen LogP contribution in [0.3, 0.4) is 0 Å². The van der Waals surface area contributed by atoms with Gasteiger partial charge in [0.1, 0.15) is 0 Å². The van der Waals surface area contributed by atoms with Gasteiger partial charge in [-0.1, -0.05) is 0 Å². The molecule has 66 valence electrons. The molecule has 0 unspecified atom stereocenters. The Morgan fingerprint density at radius 2 is 2.00 bits per heavy atom. The van der Waals surface area contributed by atoms with E-state index < -0.39 is 11.7 Å². The number of fused-ring (bicyclic) bond motifs is 1. The molecule has 1 aromatic carbocycles. The van der Waals surface area contributed by atoms with Crippen LogP contribution >= 0.6 is 0 Å². The first-order valence-corrected chi connectivity index (χ1v) is 3.83. The second-order valence-electron chi connectivity index (χ2n) is 2.97. The van der Waals surface area contributed by atoms with Crippen LogP contribution in [0.25, 0.3) is 0 Å². The van der Waals surface area contributed by atoms with E-state index in [1.807, 2.05) is 0 Å². The molecular formula is C9H8N2O2. The van der Waals surface area contributed by atoms with Gasteiger partial charge in [-0.05, 0) is 18.2 Å². The minimum absolute atomic E-state index is 0.396. The highest BCUT2D eigenvalue weighted by atomic mass is 16.2. The van der Waals surface area contributed by atoms with E-state index in [0.29, 0.717) is 16.9 Å². The molecule has 1 aromatic rings. The van der Waals surface area contributed by atoms with Gasteiger partial charge in [0.25, 0.3) is 11.7 Å². The molecular weight excluding hydrogens is 168 g/mol. The highest BCUT2D eigenvalue weighted by molar-refractivity contribution is 6.52. The van der Waals surface area contributed by atoms with E-state index in [9.17, 15) is 9.59 Å². The summed E-state index contributed by atoms with van der Waals surface area (Å²) in [6, 6.07) is 4.87. The van der Waals surface area contributed by atoms with E-state index in [2.05, 4.69) is 0 Å². The van der Waals surface area contributed by atoms with E-state index in [1.165, 1.54) is 11.0 Å². The fourth-order valence-electron chi connectivity index (χ4n) is 1.40. The molecule has 0 fully saturated rings. The summed E-state index contributed by atoms with van der Waals surface area (Å²) in [6.45, 7) is 0. The number of hydrogen-bond donors (Lipinski definition) is 1. The van der Waals surface area contributed by atoms with Crippen LogP contribution in [0.15, 0.2) is 18.2 Å². The van der Waals surface area contributed by atoms with Gasteiger partial charge in [0.05, 0.1) is 11.3 Å². The SMILES string of the molecule is CN1C(=O)C(=O)c2cc(N)ccc21. The molecule has 1 amide bonds. The van der Waals surface area contributed by atoms with Crippen LogP contribution in [0.2, 0.25) is 0 Å². The number of Topliss-reactive ketones (excluding diaryl/α,β-unsaturated/α-hetero) is 1. The van der Waals surface area contributed by atoms with Crippen LogP contribution in [0.1, 0.15) is 10.4 Å². The summed E-state index contributed by atoms with van der Waals surface area (Å²) in [7, 11) is 1.57. The number of benzene rings is 1. The summed E-state index contributed by atoms with van der Waals surface area (Å²) < 4.78 is 0. The molecule has 0 radical (unpaired) electrons. The molecule has 0 aromatic heterocycles. The number of carbonyl (C=O) groups is 2. The number of hydrogen-bond acceptors (Lipinski definition) is 3. The maximum absolute atomic E-state index is 11.3. The molecule has 1 aliphatic heterocycles. The van der Waals surface area contributed by atoms with Gasteiger partial charge in [-0.15, -0.1) is 0 Å². The molecule has 0 atom stereocenters. The number of amides is 1. The lowest BCUT2D eigenvalue weighted by atomic mass is 10.1. The van der Waals surface area contributed by atoms with Gasteiger partial charge >= 0.3 is 0 Å². The topological polar surface area (TPSA) is 63.4 Å². The van der Waals surface area contributed by atoms with Crippen molar-refractivity contribution in [2.45, 2.75) is 0 Å². The summed E-state index contributed by atoms with van der Waals surface area (Å²) in [6.07, 6.45) is 0. The van der Waals surface area contributed by atoms with Gasteiger partial charge in [-0.2, -0.15) is 0 Å². The van der Waals surface area contributed by atoms with Crippen molar-refractivity contribution in [3.05, 3.63) is 23.8 Å². The average Bonchev–Trinajstić information content (AvgIpc) is 2.32. The van der Waals surface area contributed by atoms with Crippen LogP contribution in [-0.4, -0.2) is 18.7 Å². The zero-order chi connectivity index (χ0) is 9.59. The molecule has 0 saturated carbocycles. The first-order valence-electron chi connectivity index (χ1n) is 3.83. The molecule has 0 spiro atoms. The van der Waals surface area contributed by atoms with Gasteiger partial charge in [0.15, 0.2) is 0 Å². The van der Waals surface area contributed by atoms with Crippen molar-refractivity contribution in [3.63, 3.8) is 0 Å². The number of rotatable bonds is 0. The van der Waals surface area contributed by atoms with Gasteiger partial charge in [0, 0.05) is 12.7 Å². The van der Waals surface area contributed by atoms with Gasteiger partial charge in [-0.3, -0.25) is 9.59 Å². The van der Waals surface area contributed by atoms with E-state index in [4.69, 9.17) is 5.73 Å². The van der Waals surface area contributed by atoms with E-state index >= 15 is 0 Å². The first-order chi connectivity index (χ1) is 6.11. The molecule has 1 aliphatic rings. The van der Waals surface area contributed by atoms with E-state index in [-0.39, 0.29) is 0 Å². The lowest BCUT2D eigenvalue weighted by Gasteiger charge is -2.07. The minimum Gasteiger partial charge on any atom is -0.399 e. The summed E-state index contributed by atoms with van der Waals surface area (Å²) in [5.74, 6) is -0.981. The van der Waals surface area contributed by atoms with Crippen LogP contribution in [0, 0.1) is 0 Å². The Kier molecular flexibility index (Phi) is 1.39. The van der Waals surface area contributed by atoms with Crippen molar-refractivity contribution in [2.24, 2.45) is 0 Å². The summed E-state index contributed by atoms with van der Waals surface area (Å²) in [5.41, 5.74) is 7.02. The van der Waals surface area contributed by atoms with Gasteiger partial charge < -0.3 is 10.6 Å². The third-order valence-corrected chi connectivity index (χ3v) is 2.13. The molecule has 2 rings (SSSR count). The minimum atomic E-state index is -0.499. The van der Waals surface area contributed by atoms with Crippen molar-refractivity contribution >= 4 is 23.1 Å². The highest BCUT2D eigenvalue weighted by Crippen LogP contribution is 2.28. The Balaban J connectivity index is 2.67. The number of nitrogen functional groups attached to an aromatic ring is 1. The smallest absolute Gasteiger partial charge is 0.299 e. The largest absolute Gasteiger partial charge is 0.399 e. The van der Waals surface area contributed by atoms with Gasteiger partial charge in [0.2, 0.25) is 0 Å². The number of likely N-dealkylation sites (N-methyl/N-ethyl adjacent to an activating group) is 1. The zero-order valence-electron chi connectivity index (χ0n) is 7.07. The third-order valence-electron chi connectivity index (χ3n) is 2.13. The first kappa shape index (κ1) is 7.79. The second-order valence-corrected chi connectivity index (χ2v) is 2.97. The number of nitrogens with zero attached hydrogens (tertiary/aromatic N) is 1. The predicted octanol–water partition coefficient (Wildman–Crippen LogP) is 0.428. The number of nitrogens with two attached hydrogens (primary N) is 1. The molecule has 13 heavy (non-hydrogen) atoms. The molecule has 4 heteroatoms. The number of anilines is 2. The molecule has 0 saturated heterocycles. The molecule has 4 nitrogen and oxygen atoms in total. The number of ketones is 1.